The lowest BCUT2D eigenvalue weighted by atomic mass is 10.3. The van der Waals surface area contributed by atoms with Gasteiger partial charge in [0.05, 0.1) is 5.69 Å². The van der Waals surface area contributed by atoms with E-state index >= 15 is 0 Å². The molecule has 2 rings (SSSR count). The van der Waals surface area contributed by atoms with E-state index in [9.17, 15) is 0 Å². The minimum absolute atomic E-state index is 0.271. The van der Waals surface area contributed by atoms with Crippen molar-refractivity contribution < 1.29 is 0 Å². The molecule has 0 unspecified atom stereocenters. The summed E-state index contributed by atoms with van der Waals surface area (Å²) in [6.45, 7) is 0. The van der Waals surface area contributed by atoms with E-state index in [0.717, 1.165) is 0 Å². The average molecular weight is 216 g/mol. The Morgan fingerprint density at radius 1 is 1.13 bits per heavy atom. The minimum Gasteiger partial charge on any atom is -0.388 e. The second kappa shape index (κ2) is 4.10. The van der Waals surface area contributed by atoms with Crippen molar-refractivity contribution in [2.45, 2.75) is 0 Å². The molecule has 0 atom stereocenters. The minimum atomic E-state index is 0.271. The molecule has 4 nitrogen and oxygen atoms in total. The second-order valence-corrected chi connectivity index (χ2v) is 3.28. The molecular weight excluding hydrogens is 208 g/mol. The first kappa shape index (κ1) is 9.67. The van der Waals surface area contributed by atoms with E-state index < -0.39 is 0 Å². The standard InChI is InChI=1S/C10H8N4S/c11-9(15)7-3-1-4-8(14-7)10-12-5-2-6-13-10/h1-6H,(H2,11,15). The highest BCUT2D eigenvalue weighted by Gasteiger charge is 2.03. The van der Waals surface area contributed by atoms with Gasteiger partial charge in [-0.05, 0) is 18.2 Å². The Morgan fingerprint density at radius 2 is 1.87 bits per heavy atom. The third kappa shape index (κ3) is 2.13. The highest BCUT2D eigenvalue weighted by molar-refractivity contribution is 7.80. The quantitative estimate of drug-likeness (QED) is 0.763. The number of hydrogen-bond donors (Lipinski definition) is 1. The van der Waals surface area contributed by atoms with Crippen LogP contribution in [0.15, 0.2) is 36.7 Å². The molecular formula is C10H8N4S. The summed E-state index contributed by atoms with van der Waals surface area (Å²) in [6, 6.07) is 7.15. The number of hydrogen-bond acceptors (Lipinski definition) is 4. The van der Waals surface area contributed by atoms with Crippen LogP contribution in [0.4, 0.5) is 0 Å². The van der Waals surface area contributed by atoms with E-state index in [-0.39, 0.29) is 4.99 Å². The molecule has 0 aromatic carbocycles. The lowest BCUT2D eigenvalue weighted by Crippen LogP contribution is -2.11. The van der Waals surface area contributed by atoms with Gasteiger partial charge in [-0.3, -0.25) is 0 Å². The van der Waals surface area contributed by atoms with E-state index in [1.165, 1.54) is 0 Å². The van der Waals surface area contributed by atoms with Crippen molar-refractivity contribution in [1.82, 2.24) is 15.0 Å². The Labute approximate surface area is 92.2 Å². The molecule has 2 N–H and O–H groups in total. The number of pyridine rings is 1. The third-order valence-corrected chi connectivity index (χ3v) is 2.01. The average Bonchev–Trinajstić information content (AvgIpc) is 2.30. The Kier molecular flexibility index (Phi) is 2.64. The van der Waals surface area contributed by atoms with Gasteiger partial charge in [0.2, 0.25) is 0 Å². The van der Waals surface area contributed by atoms with Crippen LogP contribution in [0.3, 0.4) is 0 Å². The summed E-state index contributed by atoms with van der Waals surface area (Å²) in [5, 5.41) is 0. The molecule has 0 amide bonds. The summed E-state index contributed by atoms with van der Waals surface area (Å²) >= 11 is 4.85. The smallest absolute Gasteiger partial charge is 0.178 e. The molecule has 0 saturated carbocycles. The molecule has 5 heteroatoms. The summed E-state index contributed by atoms with van der Waals surface area (Å²) in [6.07, 6.45) is 3.33. The zero-order valence-corrected chi connectivity index (χ0v) is 8.61. The van der Waals surface area contributed by atoms with Crippen molar-refractivity contribution >= 4 is 17.2 Å². The SMILES string of the molecule is NC(=S)c1cccc(-c2ncccn2)n1. The number of rotatable bonds is 2. The number of thiocarbonyl (C=S) groups is 1. The fraction of sp³-hybridized carbons (Fsp3) is 0. The highest BCUT2D eigenvalue weighted by Crippen LogP contribution is 2.10. The maximum absolute atomic E-state index is 5.49. The molecule has 0 aliphatic carbocycles. The topological polar surface area (TPSA) is 64.7 Å². The van der Waals surface area contributed by atoms with Gasteiger partial charge in [-0.25, -0.2) is 15.0 Å². The predicted molar refractivity (Wildman–Crippen MR) is 61.2 cm³/mol. The van der Waals surface area contributed by atoms with Crippen molar-refractivity contribution in [1.29, 1.82) is 0 Å². The molecule has 2 aromatic heterocycles. The molecule has 0 saturated heterocycles. The van der Waals surface area contributed by atoms with Gasteiger partial charge in [0, 0.05) is 12.4 Å². The number of nitrogens with zero attached hydrogens (tertiary/aromatic N) is 3. The Balaban J connectivity index is 2.46. The summed E-state index contributed by atoms with van der Waals surface area (Å²) < 4.78 is 0. The van der Waals surface area contributed by atoms with E-state index in [4.69, 9.17) is 18.0 Å². The van der Waals surface area contributed by atoms with Gasteiger partial charge in [-0.1, -0.05) is 18.3 Å². The third-order valence-electron chi connectivity index (χ3n) is 1.80. The van der Waals surface area contributed by atoms with Crippen LogP contribution in [-0.2, 0) is 0 Å². The first-order chi connectivity index (χ1) is 7.27. The van der Waals surface area contributed by atoms with Gasteiger partial charge in [0.25, 0.3) is 0 Å². The highest BCUT2D eigenvalue weighted by atomic mass is 32.1. The molecule has 74 valence electrons. The first-order valence-electron chi connectivity index (χ1n) is 4.31. The summed E-state index contributed by atoms with van der Waals surface area (Å²) in [7, 11) is 0. The molecule has 15 heavy (non-hydrogen) atoms. The van der Waals surface area contributed by atoms with Crippen LogP contribution in [0.2, 0.25) is 0 Å². The van der Waals surface area contributed by atoms with E-state index in [2.05, 4.69) is 15.0 Å². The maximum Gasteiger partial charge on any atom is 0.178 e. The summed E-state index contributed by atoms with van der Waals surface area (Å²) in [5.41, 5.74) is 6.74. The van der Waals surface area contributed by atoms with Crippen LogP contribution >= 0.6 is 12.2 Å². The van der Waals surface area contributed by atoms with Crippen molar-refractivity contribution in [3.05, 3.63) is 42.4 Å². The van der Waals surface area contributed by atoms with Crippen LogP contribution in [-0.4, -0.2) is 19.9 Å². The zero-order valence-electron chi connectivity index (χ0n) is 7.79. The van der Waals surface area contributed by atoms with Crippen LogP contribution in [0, 0.1) is 0 Å². The first-order valence-corrected chi connectivity index (χ1v) is 4.72. The molecule has 0 fully saturated rings. The van der Waals surface area contributed by atoms with Crippen molar-refractivity contribution in [2.75, 3.05) is 0 Å². The maximum atomic E-state index is 5.49. The second-order valence-electron chi connectivity index (χ2n) is 2.84. The lowest BCUT2D eigenvalue weighted by molar-refractivity contribution is 1.13. The molecule has 0 aliphatic heterocycles. The monoisotopic (exact) mass is 216 g/mol. The molecule has 2 aromatic rings. The fourth-order valence-corrected chi connectivity index (χ4v) is 1.24. The predicted octanol–water partition coefficient (Wildman–Crippen LogP) is 1.17. The van der Waals surface area contributed by atoms with Gasteiger partial charge < -0.3 is 5.73 Å². The van der Waals surface area contributed by atoms with Crippen LogP contribution in [0.25, 0.3) is 11.5 Å². The Morgan fingerprint density at radius 3 is 2.53 bits per heavy atom. The van der Waals surface area contributed by atoms with Gasteiger partial charge in [-0.2, -0.15) is 0 Å². The number of aromatic nitrogens is 3. The Bertz CT molecular complexity index is 484. The van der Waals surface area contributed by atoms with Crippen molar-refractivity contribution in [3.8, 4) is 11.5 Å². The van der Waals surface area contributed by atoms with Gasteiger partial charge >= 0.3 is 0 Å². The Hall–Kier alpha value is -1.88. The molecule has 0 radical (unpaired) electrons. The normalized spacial score (nSPS) is 9.87. The zero-order chi connectivity index (χ0) is 10.7. The summed E-state index contributed by atoms with van der Waals surface area (Å²) in [5.74, 6) is 0.565. The van der Waals surface area contributed by atoms with Gasteiger partial charge in [0.1, 0.15) is 10.7 Å². The molecule has 2 heterocycles. The van der Waals surface area contributed by atoms with E-state index in [0.29, 0.717) is 17.2 Å². The number of nitrogens with two attached hydrogens (primary N) is 1. The lowest BCUT2D eigenvalue weighted by Gasteiger charge is -2.01. The van der Waals surface area contributed by atoms with E-state index in [1.807, 2.05) is 12.1 Å². The molecule has 0 bridgehead atoms. The van der Waals surface area contributed by atoms with Crippen LogP contribution < -0.4 is 5.73 Å². The molecule has 0 aliphatic rings. The van der Waals surface area contributed by atoms with Crippen LogP contribution in [0.5, 0.6) is 0 Å². The largest absolute Gasteiger partial charge is 0.388 e. The van der Waals surface area contributed by atoms with E-state index in [1.54, 1.807) is 24.5 Å². The van der Waals surface area contributed by atoms with Crippen molar-refractivity contribution in [2.24, 2.45) is 5.73 Å². The molecule has 0 spiro atoms. The van der Waals surface area contributed by atoms with Gasteiger partial charge in [0.15, 0.2) is 5.82 Å². The fourth-order valence-electron chi connectivity index (χ4n) is 1.13. The van der Waals surface area contributed by atoms with Crippen molar-refractivity contribution in [3.63, 3.8) is 0 Å². The summed E-state index contributed by atoms with van der Waals surface area (Å²) in [4.78, 5) is 12.7. The van der Waals surface area contributed by atoms with Gasteiger partial charge in [-0.15, -0.1) is 0 Å². The van der Waals surface area contributed by atoms with Crippen LogP contribution in [0.1, 0.15) is 5.69 Å².